The Morgan fingerprint density at radius 1 is 1.42 bits per heavy atom. The molecule has 0 amide bonds. The van der Waals surface area contributed by atoms with Gasteiger partial charge in [0, 0.05) is 30.9 Å². The third kappa shape index (κ3) is 3.52. The average Bonchev–Trinajstić information content (AvgIpc) is 3.09. The SMILES string of the molecule is CCOc1cc(N2CC(C)OC(c3ccsc3)C2)ccc1[N+](=O)[O-]. The minimum atomic E-state index is -0.412. The Kier molecular flexibility index (Phi) is 5.01. The molecule has 128 valence electrons. The zero-order chi connectivity index (χ0) is 17.1. The van der Waals surface area contributed by atoms with E-state index >= 15 is 0 Å². The Bertz CT molecular complexity index is 705. The second kappa shape index (κ2) is 7.19. The lowest BCUT2D eigenvalue weighted by atomic mass is 10.1. The summed E-state index contributed by atoms with van der Waals surface area (Å²) in [6.07, 6.45) is 0.0834. The van der Waals surface area contributed by atoms with Crippen molar-refractivity contribution < 1.29 is 14.4 Å². The van der Waals surface area contributed by atoms with Crippen LogP contribution >= 0.6 is 11.3 Å². The largest absolute Gasteiger partial charge is 0.487 e. The van der Waals surface area contributed by atoms with Gasteiger partial charge in [-0.15, -0.1) is 0 Å². The van der Waals surface area contributed by atoms with E-state index in [2.05, 4.69) is 16.3 Å². The van der Waals surface area contributed by atoms with Crippen LogP contribution in [0.25, 0.3) is 0 Å². The zero-order valence-electron chi connectivity index (χ0n) is 13.7. The summed E-state index contributed by atoms with van der Waals surface area (Å²) in [5.74, 6) is 0.311. The number of morpholine rings is 1. The molecule has 24 heavy (non-hydrogen) atoms. The van der Waals surface area contributed by atoms with Crippen LogP contribution in [0.4, 0.5) is 11.4 Å². The van der Waals surface area contributed by atoms with E-state index in [1.807, 2.05) is 19.2 Å². The molecule has 2 unspecified atom stereocenters. The Hall–Kier alpha value is -2.12. The molecular formula is C17H20N2O4S. The third-order valence-electron chi connectivity index (χ3n) is 3.98. The fraction of sp³-hybridized carbons (Fsp3) is 0.412. The fourth-order valence-electron chi connectivity index (χ4n) is 2.93. The van der Waals surface area contributed by atoms with Gasteiger partial charge in [-0.3, -0.25) is 10.1 Å². The van der Waals surface area contributed by atoms with Gasteiger partial charge >= 0.3 is 5.69 Å². The first-order valence-corrected chi connectivity index (χ1v) is 8.86. The van der Waals surface area contributed by atoms with Gasteiger partial charge in [0.1, 0.15) is 6.10 Å². The Morgan fingerprint density at radius 3 is 2.92 bits per heavy atom. The Balaban J connectivity index is 1.87. The molecule has 0 radical (unpaired) electrons. The molecule has 1 aliphatic rings. The molecule has 1 aromatic heterocycles. The van der Waals surface area contributed by atoms with Gasteiger partial charge in [-0.05, 0) is 42.3 Å². The highest BCUT2D eigenvalue weighted by Crippen LogP contribution is 2.35. The lowest BCUT2D eigenvalue weighted by Gasteiger charge is -2.38. The maximum atomic E-state index is 11.1. The van der Waals surface area contributed by atoms with Crippen molar-refractivity contribution in [3.8, 4) is 5.75 Å². The van der Waals surface area contributed by atoms with Gasteiger partial charge in [0.2, 0.25) is 0 Å². The molecule has 6 nitrogen and oxygen atoms in total. The van der Waals surface area contributed by atoms with Crippen LogP contribution in [0.2, 0.25) is 0 Å². The molecule has 1 fully saturated rings. The molecule has 2 atom stereocenters. The molecule has 2 heterocycles. The molecule has 0 spiro atoms. The first kappa shape index (κ1) is 16.7. The lowest BCUT2D eigenvalue weighted by molar-refractivity contribution is -0.385. The second-order valence-corrected chi connectivity index (χ2v) is 6.52. The van der Waals surface area contributed by atoms with Gasteiger partial charge in [-0.1, -0.05) is 0 Å². The molecule has 7 heteroatoms. The first-order chi connectivity index (χ1) is 11.6. The number of ether oxygens (including phenoxy) is 2. The summed E-state index contributed by atoms with van der Waals surface area (Å²) in [5.41, 5.74) is 2.08. The van der Waals surface area contributed by atoms with Gasteiger partial charge < -0.3 is 14.4 Å². The molecule has 1 saturated heterocycles. The number of benzene rings is 1. The van der Waals surface area contributed by atoms with E-state index in [1.165, 1.54) is 11.6 Å². The van der Waals surface area contributed by atoms with Crippen LogP contribution in [0.15, 0.2) is 35.0 Å². The van der Waals surface area contributed by atoms with E-state index in [0.717, 1.165) is 12.2 Å². The zero-order valence-corrected chi connectivity index (χ0v) is 14.5. The van der Waals surface area contributed by atoms with Crippen molar-refractivity contribution in [2.24, 2.45) is 0 Å². The van der Waals surface area contributed by atoms with Crippen molar-refractivity contribution in [1.29, 1.82) is 0 Å². The number of nitro benzene ring substituents is 1. The van der Waals surface area contributed by atoms with E-state index in [1.54, 1.807) is 23.5 Å². The molecule has 2 aromatic rings. The van der Waals surface area contributed by atoms with Gasteiger partial charge in [0.25, 0.3) is 0 Å². The summed E-state index contributed by atoms with van der Waals surface area (Å²) in [6, 6.07) is 7.13. The van der Waals surface area contributed by atoms with Crippen molar-refractivity contribution in [2.45, 2.75) is 26.1 Å². The Labute approximate surface area is 144 Å². The van der Waals surface area contributed by atoms with Crippen LogP contribution in [0.1, 0.15) is 25.5 Å². The topological polar surface area (TPSA) is 64.8 Å². The number of anilines is 1. The second-order valence-electron chi connectivity index (χ2n) is 5.74. The van der Waals surface area contributed by atoms with Crippen molar-refractivity contribution in [2.75, 3.05) is 24.6 Å². The average molecular weight is 348 g/mol. The summed E-state index contributed by atoms with van der Waals surface area (Å²) >= 11 is 1.65. The maximum absolute atomic E-state index is 11.1. The van der Waals surface area contributed by atoms with Crippen molar-refractivity contribution in [1.82, 2.24) is 0 Å². The molecule has 1 aliphatic heterocycles. The predicted molar refractivity (Wildman–Crippen MR) is 94.1 cm³/mol. The summed E-state index contributed by atoms with van der Waals surface area (Å²) in [5, 5.41) is 15.3. The Morgan fingerprint density at radius 2 is 2.25 bits per heavy atom. The number of rotatable bonds is 5. The van der Waals surface area contributed by atoms with Crippen LogP contribution < -0.4 is 9.64 Å². The summed E-state index contributed by atoms with van der Waals surface area (Å²) < 4.78 is 11.5. The van der Waals surface area contributed by atoms with E-state index in [-0.39, 0.29) is 17.9 Å². The highest BCUT2D eigenvalue weighted by atomic mass is 32.1. The van der Waals surface area contributed by atoms with Crippen LogP contribution in [-0.4, -0.2) is 30.7 Å². The fourth-order valence-corrected chi connectivity index (χ4v) is 3.63. The number of hydrogen-bond acceptors (Lipinski definition) is 6. The minimum Gasteiger partial charge on any atom is -0.487 e. The summed E-state index contributed by atoms with van der Waals surface area (Å²) in [6.45, 7) is 5.70. The van der Waals surface area contributed by atoms with Crippen LogP contribution in [0, 0.1) is 10.1 Å². The van der Waals surface area contributed by atoms with Gasteiger partial charge in [0.15, 0.2) is 5.75 Å². The first-order valence-electron chi connectivity index (χ1n) is 7.92. The summed E-state index contributed by atoms with van der Waals surface area (Å²) in [4.78, 5) is 12.9. The highest BCUT2D eigenvalue weighted by molar-refractivity contribution is 7.07. The van der Waals surface area contributed by atoms with Crippen LogP contribution in [-0.2, 0) is 4.74 Å². The monoisotopic (exact) mass is 348 g/mol. The van der Waals surface area contributed by atoms with E-state index in [9.17, 15) is 10.1 Å². The van der Waals surface area contributed by atoms with Crippen molar-refractivity contribution in [3.05, 3.63) is 50.7 Å². The maximum Gasteiger partial charge on any atom is 0.311 e. The van der Waals surface area contributed by atoms with E-state index in [0.29, 0.717) is 18.9 Å². The number of nitro groups is 1. The molecule has 1 aromatic carbocycles. The predicted octanol–water partition coefficient (Wildman–Crippen LogP) is 4.02. The summed E-state index contributed by atoms with van der Waals surface area (Å²) in [7, 11) is 0. The van der Waals surface area contributed by atoms with E-state index in [4.69, 9.17) is 9.47 Å². The third-order valence-corrected chi connectivity index (χ3v) is 4.68. The number of hydrogen-bond donors (Lipinski definition) is 0. The van der Waals surface area contributed by atoms with Gasteiger partial charge in [-0.25, -0.2) is 0 Å². The molecule has 0 N–H and O–H groups in total. The minimum absolute atomic E-state index is 0.00343. The molecule has 0 bridgehead atoms. The number of thiophene rings is 1. The molecule has 0 saturated carbocycles. The van der Waals surface area contributed by atoms with Gasteiger partial charge in [0.05, 0.1) is 17.6 Å². The number of nitrogens with zero attached hydrogens (tertiary/aromatic N) is 2. The quantitative estimate of drug-likeness (QED) is 0.603. The van der Waals surface area contributed by atoms with Crippen molar-refractivity contribution >= 4 is 22.7 Å². The molecule has 3 rings (SSSR count). The van der Waals surface area contributed by atoms with Crippen LogP contribution in [0.5, 0.6) is 5.75 Å². The molecular weight excluding hydrogens is 328 g/mol. The highest BCUT2D eigenvalue weighted by Gasteiger charge is 2.28. The van der Waals surface area contributed by atoms with Crippen LogP contribution in [0.3, 0.4) is 0 Å². The van der Waals surface area contributed by atoms with E-state index < -0.39 is 4.92 Å². The lowest BCUT2D eigenvalue weighted by Crippen LogP contribution is -2.42. The van der Waals surface area contributed by atoms with Gasteiger partial charge in [-0.2, -0.15) is 11.3 Å². The molecule has 0 aliphatic carbocycles. The normalized spacial score (nSPS) is 20.8. The smallest absolute Gasteiger partial charge is 0.311 e. The standard InChI is InChI=1S/C17H20N2O4S/c1-3-22-16-8-14(4-5-15(16)19(20)21)18-9-12(2)23-17(10-18)13-6-7-24-11-13/h4-8,11-12,17H,3,9-10H2,1-2H3. The van der Waals surface area contributed by atoms with Crippen molar-refractivity contribution in [3.63, 3.8) is 0 Å².